The molecular weight excluding hydrogens is 794 g/mol. The highest BCUT2D eigenvalue weighted by Crippen LogP contribution is 2.29. The molecule has 2 fully saturated rings. The third kappa shape index (κ3) is 24.6. The molecule has 0 saturated carbocycles. The Morgan fingerprint density at radius 3 is 1.57 bits per heavy atom. The topological polar surface area (TPSA) is 235 Å². The largest absolute Gasteiger partial charge is 0.394 e. The summed E-state index contributed by atoms with van der Waals surface area (Å²) < 4.78 is 38.3. The van der Waals surface area contributed by atoms with Crippen molar-refractivity contribution in [1.82, 2.24) is 5.32 Å². The molecule has 0 unspecified atom stereocenters. The van der Waals surface area contributed by atoms with Gasteiger partial charge in [-0.15, -0.1) is 0 Å². The van der Waals surface area contributed by atoms with Gasteiger partial charge in [-0.2, -0.15) is 0 Å². The number of ether oxygens (including phenoxy) is 7. The van der Waals surface area contributed by atoms with E-state index in [4.69, 9.17) is 33.2 Å². The van der Waals surface area contributed by atoms with Gasteiger partial charge in [0.1, 0.15) is 48.8 Å². The van der Waals surface area contributed by atoms with E-state index in [1.165, 1.54) is 64.2 Å². The Balaban J connectivity index is 1.35. The fourth-order valence-electron chi connectivity index (χ4n) is 6.93. The predicted molar refractivity (Wildman–Crippen MR) is 227 cm³/mol. The maximum absolute atomic E-state index is 12.1. The first-order valence-electron chi connectivity index (χ1n) is 22.9. The summed E-state index contributed by atoms with van der Waals surface area (Å²) in [6, 6.07) is 0. The molecule has 2 saturated heterocycles. The average Bonchev–Trinajstić information content (AvgIpc) is 3.26. The Bertz CT molecular complexity index is 1200. The number of aliphatic hydroxyl groups excluding tert-OH is 7. The van der Waals surface area contributed by atoms with Crippen LogP contribution >= 0.6 is 0 Å². The van der Waals surface area contributed by atoms with E-state index in [0.717, 1.165) is 51.4 Å². The first kappa shape index (κ1) is 55.2. The molecular formula is C45H79NO15. The van der Waals surface area contributed by atoms with E-state index in [2.05, 4.69) is 35.9 Å². The zero-order valence-corrected chi connectivity index (χ0v) is 36.7. The molecule has 2 aliphatic rings. The van der Waals surface area contributed by atoms with Gasteiger partial charge in [0.2, 0.25) is 5.91 Å². The number of amides is 1. The molecule has 61 heavy (non-hydrogen) atoms. The lowest BCUT2D eigenvalue weighted by Crippen LogP contribution is -2.64. The van der Waals surface area contributed by atoms with Crippen LogP contribution < -0.4 is 5.32 Å². The molecule has 354 valence electrons. The lowest BCUT2D eigenvalue weighted by Gasteiger charge is -2.45. The van der Waals surface area contributed by atoms with Crippen LogP contribution in [0.5, 0.6) is 0 Å². The summed E-state index contributed by atoms with van der Waals surface area (Å²) >= 11 is 0. The second-order valence-electron chi connectivity index (χ2n) is 15.7. The van der Waals surface area contributed by atoms with Crippen LogP contribution in [-0.4, -0.2) is 169 Å². The summed E-state index contributed by atoms with van der Waals surface area (Å²) in [5.41, 5.74) is 0. The maximum atomic E-state index is 12.1. The lowest BCUT2D eigenvalue weighted by molar-refractivity contribution is -0.359. The van der Waals surface area contributed by atoms with E-state index < -0.39 is 74.6 Å². The van der Waals surface area contributed by atoms with E-state index in [1.54, 1.807) is 0 Å². The Morgan fingerprint density at radius 2 is 1.02 bits per heavy atom. The van der Waals surface area contributed by atoms with Gasteiger partial charge in [-0.05, 0) is 31.1 Å². The molecule has 16 nitrogen and oxygen atoms in total. The highest BCUT2D eigenvalue weighted by Gasteiger charge is 2.50. The second kappa shape index (κ2) is 36.4. The van der Waals surface area contributed by atoms with Crippen LogP contribution in [0.4, 0.5) is 0 Å². The highest BCUT2D eigenvalue weighted by atomic mass is 16.7. The Hall–Kier alpha value is -1.97. The molecule has 2 aliphatic heterocycles. The van der Waals surface area contributed by atoms with Crippen molar-refractivity contribution in [2.45, 2.75) is 190 Å². The van der Waals surface area contributed by atoms with Crippen molar-refractivity contribution in [2.75, 3.05) is 66.0 Å². The van der Waals surface area contributed by atoms with Crippen molar-refractivity contribution in [3.05, 3.63) is 0 Å². The van der Waals surface area contributed by atoms with Crippen molar-refractivity contribution in [3.8, 4) is 23.7 Å². The van der Waals surface area contributed by atoms with Crippen LogP contribution in [0.25, 0.3) is 0 Å². The van der Waals surface area contributed by atoms with Gasteiger partial charge in [-0.25, -0.2) is 0 Å². The van der Waals surface area contributed by atoms with Crippen LogP contribution in [0.2, 0.25) is 0 Å². The molecule has 1 amide bonds. The average molecular weight is 874 g/mol. The first-order valence-corrected chi connectivity index (χ1v) is 22.9. The number of carbonyl (C=O) groups excluding carboxylic acids is 1. The van der Waals surface area contributed by atoms with Gasteiger partial charge in [0, 0.05) is 25.8 Å². The quantitative estimate of drug-likeness (QED) is 0.0337. The second-order valence-corrected chi connectivity index (χ2v) is 15.7. The third-order valence-corrected chi connectivity index (χ3v) is 10.6. The minimum atomic E-state index is -1.75. The van der Waals surface area contributed by atoms with Crippen LogP contribution in [0.3, 0.4) is 0 Å². The zero-order valence-electron chi connectivity index (χ0n) is 36.7. The van der Waals surface area contributed by atoms with Crippen molar-refractivity contribution in [2.24, 2.45) is 0 Å². The van der Waals surface area contributed by atoms with Gasteiger partial charge in [-0.1, -0.05) is 102 Å². The van der Waals surface area contributed by atoms with Gasteiger partial charge >= 0.3 is 0 Å². The summed E-state index contributed by atoms with van der Waals surface area (Å²) in [6.45, 7) is 3.11. The van der Waals surface area contributed by atoms with Crippen molar-refractivity contribution in [3.63, 3.8) is 0 Å². The molecule has 0 aromatic rings. The number of unbranched alkanes of at least 4 members (excludes halogenated alkanes) is 16. The summed E-state index contributed by atoms with van der Waals surface area (Å²) in [5.74, 6) is 12.4. The molecule has 16 heteroatoms. The third-order valence-electron chi connectivity index (χ3n) is 10.6. The maximum Gasteiger partial charge on any atom is 0.220 e. The predicted octanol–water partition coefficient (Wildman–Crippen LogP) is 2.23. The smallest absolute Gasteiger partial charge is 0.220 e. The van der Waals surface area contributed by atoms with Crippen LogP contribution in [0, 0.1) is 23.7 Å². The normalized spacial score (nSPS) is 26.3. The lowest BCUT2D eigenvalue weighted by atomic mass is 9.97. The van der Waals surface area contributed by atoms with E-state index >= 15 is 0 Å². The van der Waals surface area contributed by atoms with Crippen molar-refractivity contribution in [1.29, 1.82) is 0 Å². The monoisotopic (exact) mass is 874 g/mol. The van der Waals surface area contributed by atoms with Gasteiger partial charge < -0.3 is 74.2 Å². The number of carbonyl (C=O) groups is 1. The fraction of sp³-hybridized carbons (Fsp3) is 0.889. The first-order chi connectivity index (χ1) is 29.7. The van der Waals surface area contributed by atoms with Crippen molar-refractivity contribution >= 4 is 5.91 Å². The summed E-state index contributed by atoms with van der Waals surface area (Å²) in [5, 5.41) is 73.5. The van der Waals surface area contributed by atoms with E-state index in [0.29, 0.717) is 39.4 Å². The minimum absolute atomic E-state index is 0.0219. The molecule has 2 heterocycles. The van der Waals surface area contributed by atoms with Gasteiger partial charge in [0.05, 0.1) is 59.5 Å². The van der Waals surface area contributed by atoms with Crippen LogP contribution in [0.15, 0.2) is 0 Å². The van der Waals surface area contributed by atoms with E-state index in [-0.39, 0.29) is 25.7 Å². The zero-order chi connectivity index (χ0) is 44.3. The Kier molecular flexibility index (Phi) is 32.9. The molecule has 10 atom stereocenters. The summed E-state index contributed by atoms with van der Waals surface area (Å²) in [7, 11) is 0. The summed E-state index contributed by atoms with van der Waals surface area (Å²) in [4.78, 5) is 12.1. The van der Waals surface area contributed by atoms with E-state index in [9.17, 15) is 40.5 Å². The van der Waals surface area contributed by atoms with Gasteiger partial charge in [-0.3, -0.25) is 4.79 Å². The minimum Gasteiger partial charge on any atom is -0.394 e. The Labute approximate surface area is 364 Å². The number of nitrogens with one attached hydrogen (secondary N) is 1. The van der Waals surface area contributed by atoms with Gasteiger partial charge in [0.15, 0.2) is 12.6 Å². The van der Waals surface area contributed by atoms with Crippen molar-refractivity contribution < 1.29 is 73.7 Å². The van der Waals surface area contributed by atoms with Gasteiger partial charge in [0.25, 0.3) is 0 Å². The molecule has 0 aromatic heterocycles. The highest BCUT2D eigenvalue weighted by molar-refractivity contribution is 5.75. The number of rotatable bonds is 35. The SMILES string of the molecule is CCCCCCCCCCCCC#CC#CCCCCCCCCC(=O)NCCOCCOCCOCCO[C@@H]1O[C@H](CO)[C@@H](O[C@@H]2O[C@H](CO)[C@@H](O)[C@H](O)[C@H]2O)[C@H](O)[C@H]1O. The molecule has 0 bridgehead atoms. The standard InChI is InChI=1S/C45H79NO15/c1-2-3-4-5-6-7-8-9-10-11-12-13-14-15-16-17-18-19-20-21-22-23-24-37(49)46-25-26-55-27-28-56-29-30-57-31-32-58-44-42(54)40(52)43(36(34-48)60-44)61-45-41(53)39(51)38(50)35(33-47)59-45/h35-36,38-45,47-48,50-54H,2-12,17-34H2,1H3,(H,46,49)/t35-,36-,38-,39+,40-,41-,42-,43-,44-,45+/m1/s1. The molecule has 0 aromatic carbocycles. The van der Waals surface area contributed by atoms with E-state index in [1.807, 2.05) is 0 Å². The number of aliphatic hydroxyl groups is 7. The molecule has 8 N–H and O–H groups in total. The molecule has 0 spiro atoms. The summed E-state index contributed by atoms with van der Waals surface area (Å²) in [6.07, 6.45) is 7.04. The van der Waals surface area contributed by atoms with Crippen LogP contribution in [-0.2, 0) is 38.0 Å². The molecule has 0 aliphatic carbocycles. The Morgan fingerprint density at radius 1 is 0.541 bits per heavy atom. The van der Waals surface area contributed by atoms with Crippen LogP contribution in [0.1, 0.15) is 129 Å². The molecule has 2 rings (SSSR count). The number of hydrogen-bond acceptors (Lipinski definition) is 15. The number of hydrogen-bond donors (Lipinski definition) is 8. The fourth-order valence-corrected chi connectivity index (χ4v) is 6.93. The molecule has 0 radical (unpaired) electrons.